The lowest BCUT2D eigenvalue weighted by Crippen LogP contribution is -2.59. The van der Waals surface area contributed by atoms with Crippen LogP contribution in [0.4, 0.5) is 8.78 Å². The molecule has 2 aliphatic heterocycles. The molecule has 2 bridgehead atoms. The van der Waals surface area contributed by atoms with Gasteiger partial charge in [-0.2, -0.15) is 5.10 Å². The summed E-state index contributed by atoms with van der Waals surface area (Å²) in [5.74, 6) is -1.06. The minimum absolute atomic E-state index is 0.178. The van der Waals surface area contributed by atoms with Crippen molar-refractivity contribution in [1.29, 1.82) is 0 Å². The molecule has 0 aliphatic carbocycles. The zero-order valence-corrected chi connectivity index (χ0v) is 17.0. The monoisotopic (exact) mass is 427 g/mol. The second kappa shape index (κ2) is 7.88. The number of nitrogens with one attached hydrogen (secondary N) is 1. The van der Waals surface area contributed by atoms with Crippen molar-refractivity contribution in [1.82, 2.24) is 25.3 Å². The maximum absolute atomic E-state index is 14.8. The van der Waals surface area contributed by atoms with Crippen LogP contribution in [-0.4, -0.2) is 49.4 Å². The Bertz CT molecular complexity index is 1090. The molecule has 1 aromatic carbocycles. The van der Waals surface area contributed by atoms with Gasteiger partial charge in [-0.1, -0.05) is 12.5 Å². The van der Waals surface area contributed by atoms with Crippen molar-refractivity contribution in [3.05, 3.63) is 42.5 Å². The first kappa shape index (κ1) is 19.9. The Morgan fingerprint density at radius 1 is 1.16 bits per heavy atom. The number of nitrogens with zero attached hydrogens (tertiary/aromatic N) is 4. The van der Waals surface area contributed by atoms with Gasteiger partial charge in [-0.3, -0.25) is 4.68 Å². The Morgan fingerprint density at radius 2 is 2.00 bits per heavy atom. The molecule has 0 amide bonds. The molecule has 4 atom stereocenters. The number of benzene rings is 1. The number of alkyl halides is 1. The molecular weight excluding hydrogens is 404 g/mol. The first-order chi connectivity index (χ1) is 15.0. The largest absolute Gasteiger partial charge is 0.504 e. The van der Waals surface area contributed by atoms with E-state index in [4.69, 9.17) is 4.74 Å². The summed E-state index contributed by atoms with van der Waals surface area (Å²) in [7, 11) is 1.73. The summed E-state index contributed by atoms with van der Waals surface area (Å²) in [6.45, 7) is 0. The van der Waals surface area contributed by atoms with Crippen LogP contribution in [0.3, 0.4) is 0 Å². The molecule has 3 aromatic rings. The van der Waals surface area contributed by atoms with Crippen LogP contribution < -0.4 is 10.1 Å². The minimum atomic E-state index is -1.10. The van der Waals surface area contributed by atoms with Crippen molar-refractivity contribution < 1.29 is 18.6 Å². The molecule has 2 aliphatic rings. The molecule has 9 heteroatoms. The van der Waals surface area contributed by atoms with Crippen LogP contribution in [0.5, 0.6) is 11.6 Å². The van der Waals surface area contributed by atoms with E-state index in [0.717, 1.165) is 19.3 Å². The lowest BCUT2D eigenvalue weighted by Gasteiger charge is -2.42. The van der Waals surface area contributed by atoms with Crippen LogP contribution in [0.15, 0.2) is 36.7 Å². The molecule has 5 rings (SSSR count). The number of halogens is 2. The van der Waals surface area contributed by atoms with E-state index in [1.807, 2.05) is 0 Å². The van der Waals surface area contributed by atoms with Crippen molar-refractivity contribution in [2.24, 2.45) is 7.05 Å². The van der Waals surface area contributed by atoms with Crippen LogP contribution in [0, 0.1) is 5.82 Å². The molecule has 162 valence electrons. The average molecular weight is 427 g/mol. The van der Waals surface area contributed by atoms with Crippen LogP contribution in [0.2, 0.25) is 0 Å². The maximum atomic E-state index is 14.8. The van der Waals surface area contributed by atoms with Crippen molar-refractivity contribution in [2.45, 2.75) is 50.0 Å². The Kier molecular flexibility index (Phi) is 5.05. The van der Waals surface area contributed by atoms with E-state index < -0.39 is 23.8 Å². The average Bonchev–Trinajstić information content (AvgIpc) is 3.21. The van der Waals surface area contributed by atoms with E-state index in [1.54, 1.807) is 42.2 Å². The van der Waals surface area contributed by atoms with E-state index in [0.29, 0.717) is 17.7 Å². The van der Waals surface area contributed by atoms with E-state index >= 15 is 0 Å². The minimum Gasteiger partial charge on any atom is -0.504 e. The number of ether oxygens (including phenoxy) is 1. The molecule has 4 heterocycles. The Balaban J connectivity index is 1.35. The number of hydrogen-bond acceptors (Lipinski definition) is 6. The predicted octanol–water partition coefficient (Wildman–Crippen LogP) is 3.39. The van der Waals surface area contributed by atoms with Gasteiger partial charge in [0, 0.05) is 54.5 Å². The summed E-state index contributed by atoms with van der Waals surface area (Å²) in [5, 5.41) is 25.8. The number of rotatable bonds is 4. The highest BCUT2D eigenvalue weighted by molar-refractivity contribution is 5.74. The lowest BCUT2D eigenvalue weighted by atomic mass is 9.84. The number of fused-ring (bicyclic) bond motifs is 2. The lowest BCUT2D eigenvalue weighted by molar-refractivity contribution is 0.00652. The topological polar surface area (TPSA) is 85.1 Å². The fourth-order valence-corrected chi connectivity index (χ4v) is 4.51. The van der Waals surface area contributed by atoms with Crippen LogP contribution in [0.25, 0.3) is 22.4 Å². The molecule has 0 saturated carbocycles. The van der Waals surface area contributed by atoms with Gasteiger partial charge in [0.25, 0.3) is 0 Å². The van der Waals surface area contributed by atoms with E-state index in [2.05, 4.69) is 20.6 Å². The molecule has 2 saturated heterocycles. The summed E-state index contributed by atoms with van der Waals surface area (Å²) < 4.78 is 36.8. The summed E-state index contributed by atoms with van der Waals surface area (Å²) in [6, 6.07) is 6.38. The van der Waals surface area contributed by atoms with Gasteiger partial charge in [-0.25, -0.2) is 8.78 Å². The zero-order chi connectivity index (χ0) is 21.5. The SMILES string of the molecule is Cn1cc(-c2ccc(-c3ccc(O[C@@H]4CC5CCCC(N5)[C@@H]4F)nn3)c(O)c2F)cn1. The highest BCUT2D eigenvalue weighted by Crippen LogP contribution is 2.36. The van der Waals surface area contributed by atoms with Crippen molar-refractivity contribution in [3.8, 4) is 34.0 Å². The summed E-state index contributed by atoms with van der Waals surface area (Å²) in [6.07, 6.45) is 4.97. The summed E-state index contributed by atoms with van der Waals surface area (Å²) in [5.41, 5.74) is 1.31. The smallest absolute Gasteiger partial charge is 0.233 e. The number of phenolic OH excluding ortho intramolecular Hbond substituents is 1. The van der Waals surface area contributed by atoms with Crippen molar-refractivity contribution >= 4 is 0 Å². The van der Waals surface area contributed by atoms with Crippen molar-refractivity contribution in [3.63, 3.8) is 0 Å². The number of phenols is 1. The summed E-state index contributed by atoms with van der Waals surface area (Å²) in [4.78, 5) is 0. The van der Waals surface area contributed by atoms with E-state index in [-0.39, 0.29) is 29.1 Å². The van der Waals surface area contributed by atoms with Gasteiger partial charge in [0.1, 0.15) is 6.10 Å². The molecule has 0 radical (unpaired) electrons. The highest BCUT2D eigenvalue weighted by Gasteiger charge is 2.41. The van der Waals surface area contributed by atoms with Gasteiger partial charge >= 0.3 is 0 Å². The Labute approximate surface area is 178 Å². The summed E-state index contributed by atoms with van der Waals surface area (Å²) >= 11 is 0. The normalized spacial score (nSPS) is 25.4. The molecule has 31 heavy (non-hydrogen) atoms. The van der Waals surface area contributed by atoms with E-state index in [9.17, 15) is 13.9 Å². The predicted molar refractivity (Wildman–Crippen MR) is 110 cm³/mol. The first-order valence-electron chi connectivity index (χ1n) is 10.4. The Morgan fingerprint density at radius 3 is 2.74 bits per heavy atom. The van der Waals surface area contributed by atoms with Gasteiger partial charge < -0.3 is 15.2 Å². The molecule has 2 unspecified atom stereocenters. The Hall–Kier alpha value is -3.07. The molecule has 2 fully saturated rings. The third-order valence-electron chi connectivity index (χ3n) is 6.09. The van der Waals surface area contributed by atoms with Gasteiger partial charge in [-0.15, -0.1) is 10.2 Å². The third-order valence-corrected chi connectivity index (χ3v) is 6.09. The van der Waals surface area contributed by atoms with Crippen LogP contribution >= 0.6 is 0 Å². The number of piperidine rings is 2. The standard InChI is InChI=1S/C22H23F2N5O2/c1-29-11-12(10-25-29)14-5-6-15(22(30)20(14)23)16-7-8-19(28-27-16)31-18-9-13-3-2-4-17(26-13)21(18)24/h5-8,10-11,13,17-18,21,26,30H,2-4,9H2,1H3/t13?,17?,18-,21+/m1/s1. The van der Waals surface area contributed by atoms with Crippen molar-refractivity contribution in [2.75, 3.05) is 0 Å². The second-order valence-electron chi connectivity index (χ2n) is 8.22. The second-order valence-corrected chi connectivity index (χ2v) is 8.22. The highest BCUT2D eigenvalue weighted by atomic mass is 19.1. The zero-order valence-electron chi connectivity index (χ0n) is 17.0. The van der Waals surface area contributed by atoms with Gasteiger partial charge in [-0.05, 0) is 25.0 Å². The first-order valence-corrected chi connectivity index (χ1v) is 10.4. The maximum Gasteiger partial charge on any atom is 0.233 e. The van der Waals surface area contributed by atoms with Gasteiger partial charge in [0.05, 0.1) is 11.9 Å². The molecular formula is C22H23F2N5O2. The fraction of sp³-hybridized carbons (Fsp3) is 0.409. The molecule has 7 nitrogen and oxygen atoms in total. The van der Waals surface area contributed by atoms with Crippen LogP contribution in [-0.2, 0) is 7.05 Å². The van der Waals surface area contributed by atoms with E-state index in [1.165, 1.54) is 6.20 Å². The quantitative estimate of drug-likeness (QED) is 0.664. The fourth-order valence-electron chi connectivity index (χ4n) is 4.51. The van der Waals surface area contributed by atoms with Crippen LogP contribution in [0.1, 0.15) is 25.7 Å². The van der Waals surface area contributed by atoms with Gasteiger partial charge in [0.15, 0.2) is 17.7 Å². The number of aromatic nitrogens is 4. The molecule has 2 N–H and O–H groups in total. The molecule has 0 spiro atoms. The number of hydrogen-bond donors (Lipinski definition) is 2. The number of aromatic hydroxyl groups is 1. The third kappa shape index (κ3) is 3.74. The molecule has 2 aromatic heterocycles. The number of aryl methyl sites for hydroxylation is 1. The van der Waals surface area contributed by atoms with Gasteiger partial charge in [0.2, 0.25) is 5.88 Å².